The number of aromatic nitrogens is 2. The van der Waals surface area contributed by atoms with Crippen LogP contribution in [0.25, 0.3) is 0 Å². The van der Waals surface area contributed by atoms with Gasteiger partial charge in [-0.15, -0.1) is 10.2 Å². The van der Waals surface area contributed by atoms with Crippen molar-refractivity contribution >= 4 is 39.7 Å². The van der Waals surface area contributed by atoms with E-state index in [0.717, 1.165) is 11.4 Å². The SMILES string of the molecule is CCOCCOc1cccc(C(=O)NC(=S)Nc2nnc(CC)s2)c1. The predicted molar refractivity (Wildman–Crippen MR) is 101 cm³/mol. The lowest BCUT2D eigenvalue weighted by Crippen LogP contribution is -2.34. The molecule has 1 amide bonds. The summed E-state index contributed by atoms with van der Waals surface area (Å²) in [7, 11) is 0. The van der Waals surface area contributed by atoms with Crippen LogP contribution in [0.3, 0.4) is 0 Å². The Labute approximate surface area is 155 Å². The molecule has 0 radical (unpaired) electrons. The summed E-state index contributed by atoms with van der Waals surface area (Å²) in [5.74, 6) is 0.274. The zero-order valence-electron chi connectivity index (χ0n) is 14.1. The molecule has 0 unspecified atom stereocenters. The molecule has 134 valence electrons. The molecular formula is C16H20N4O3S2. The van der Waals surface area contributed by atoms with E-state index in [1.165, 1.54) is 11.3 Å². The lowest BCUT2D eigenvalue weighted by atomic mass is 10.2. The lowest BCUT2D eigenvalue weighted by Gasteiger charge is -2.09. The molecule has 0 fully saturated rings. The summed E-state index contributed by atoms with van der Waals surface area (Å²) in [4.78, 5) is 12.3. The molecule has 0 atom stereocenters. The summed E-state index contributed by atoms with van der Waals surface area (Å²) in [6, 6.07) is 6.88. The van der Waals surface area contributed by atoms with E-state index in [9.17, 15) is 4.79 Å². The third kappa shape index (κ3) is 6.37. The molecule has 2 rings (SSSR count). The number of rotatable bonds is 8. The molecule has 0 saturated heterocycles. The van der Waals surface area contributed by atoms with Crippen LogP contribution in [0.1, 0.15) is 29.2 Å². The van der Waals surface area contributed by atoms with Crippen molar-refractivity contribution in [1.29, 1.82) is 0 Å². The fraction of sp³-hybridized carbons (Fsp3) is 0.375. The van der Waals surface area contributed by atoms with Crippen molar-refractivity contribution in [2.75, 3.05) is 25.1 Å². The zero-order valence-corrected chi connectivity index (χ0v) is 15.7. The van der Waals surface area contributed by atoms with Gasteiger partial charge in [-0.2, -0.15) is 0 Å². The van der Waals surface area contributed by atoms with Crippen molar-refractivity contribution < 1.29 is 14.3 Å². The molecule has 1 aromatic carbocycles. The Morgan fingerprint density at radius 1 is 1.28 bits per heavy atom. The van der Waals surface area contributed by atoms with Crippen molar-refractivity contribution in [2.45, 2.75) is 20.3 Å². The summed E-state index contributed by atoms with van der Waals surface area (Å²) in [6.45, 7) is 5.49. The first-order chi connectivity index (χ1) is 12.1. The van der Waals surface area contributed by atoms with Crippen LogP contribution in [0, 0.1) is 0 Å². The van der Waals surface area contributed by atoms with Gasteiger partial charge in [-0.3, -0.25) is 10.1 Å². The highest BCUT2D eigenvalue weighted by molar-refractivity contribution is 7.80. The van der Waals surface area contributed by atoms with Crippen LogP contribution in [0.2, 0.25) is 0 Å². The number of nitrogens with one attached hydrogen (secondary N) is 2. The molecule has 9 heteroatoms. The first kappa shape index (κ1) is 19.2. The molecule has 25 heavy (non-hydrogen) atoms. The standard InChI is InChI=1S/C16H20N4O3S2/c1-3-13-19-20-16(25-13)18-15(24)17-14(21)11-6-5-7-12(10-11)23-9-8-22-4-2/h5-7,10H,3-4,8-9H2,1-2H3,(H2,17,18,20,21,24). The third-order valence-corrected chi connectivity index (χ3v) is 4.20. The Morgan fingerprint density at radius 3 is 2.84 bits per heavy atom. The molecule has 0 spiro atoms. The van der Waals surface area contributed by atoms with Crippen molar-refractivity contribution in [3.63, 3.8) is 0 Å². The minimum Gasteiger partial charge on any atom is -0.491 e. The first-order valence-corrected chi connectivity index (χ1v) is 9.10. The fourth-order valence-corrected chi connectivity index (χ4v) is 2.78. The highest BCUT2D eigenvalue weighted by Gasteiger charge is 2.11. The Balaban J connectivity index is 1.87. The quantitative estimate of drug-likeness (QED) is 0.538. The van der Waals surface area contributed by atoms with E-state index in [1.54, 1.807) is 24.3 Å². The van der Waals surface area contributed by atoms with E-state index < -0.39 is 0 Å². The van der Waals surface area contributed by atoms with Crippen molar-refractivity contribution in [2.24, 2.45) is 0 Å². The monoisotopic (exact) mass is 380 g/mol. The second-order valence-corrected chi connectivity index (χ2v) is 6.31. The lowest BCUT2D eigenvalue weighted by molar-refractivity contribution is 0.0976. The predicted octanol–water partition coefficient (Wildman–Crippen LogP) is 2.64. The molecule has 1 aromatic heterocycles. The van der Waals surface area contributed by atoms with Crippen LogP contribution < -0.4 is 15.4 Å². The molecule has 0 aliphatic rings. The Morgan fingerprint density at radius 2 is 2.12 bits per heavy atom. The molecule has 0 aliphatic heterocycles. The van der Waals surface area contributed by atoms with E-state index in [1.807, 2.05) is 13.8 Å². The molecule has 0 bridgehead atoms. The van der Waals surface area contributed by atoms with Crippen LogP contribution in [0.15, 0.2) is 24.3 Å². The van der Waals surface area contributed by atoms with Crippen LogP contribution in [-0.2, 0) is 11.2 Å². The molecule has 0 aliphatic carbocycles. The van der Waals surface area contributed by atoms with Gasteiger partial charge in [0.2, 0.25) is 5.13 Å². The van der Waals surface area contributed by atoms with E-state index in [0.29, 0.717) is 36.3 Å². The molecular weight excluding hydrogens is 360 g/mol. The summed E-state index contributed by atoms with van der Waals surface area (Å²) in [5.41, 5.74) is 0.449. The third-order valence-electron chi connectivity index (χ3n) is 3.01. The number of amides is 1. The largest absolute Gasteiger partial charge is 0.491 e. The van der Waals surface area contributed by atoms with Crippen molar-refractivity contribution in [3.8, 4) is 5.75 Å². The Hall–Kier alpha value is -2.10. The summed E-state index contributed by atoms with van der Waals surface area (Å²) < 4.78 is 10.8. The second-order valence-electron chi connectivity index (χ2n) is 4.84. The van der Waals surface area contributed by atoms with Crippen LogP contribution in [-0.4, -0.2) is 41.0 Å². The number of hydrogen-bond acceptors (Lipinski definition) is 7. The average molecular weight is 380 g/mol. The summed E-state index contributed by atoms with van der Waals surface area (Å²) >= 11 is 6.53. The van der Waals surface area contributed by atoms with Crippen LogP contribution in [0.4, 0.5) is 5.13 Å². The minimum absolute atomic E-state index is 0.173. The smallest absolute Gasteiger partial charge is 0.257 e. The van der Waals surface area contributed by atoms with Gasteiger partial charge >= 0.3 is 0 Å². The number of carbonyl (C=O) groups excluding carboxylic acids is 1. The first-order valence-electron chi connectivity index (χ1n) is 7.87. The maximum Gasteiger partial charge on any atom is 0.257 e. The van der Waals surface area contributed by atoms with Crippen LogP contribution >= 0.6 is 23.6 Å². The normalized spacial score (nSPS) is 10.3. The summed E-state index contributed by atoms with van der Waals surface area (Å²) in [6.07, 6.45) is 0.800. The van der Waals surface area contributed by atoms with Gasteiger partial charge in [-0.1, -0.05) is 24.3 Å². The van der Waals surface area contributed by atoms with Gasteiger partial charge in [-0.25, -0.2) is 0 Å². The molecule has 2 N–H and O–H groups in total. The van der Waals surface area contributed by atoms with E-state index in [2.05, 4.69) is 20.8 Å². The molecule has 7 nitrogen and oxygen atoms in total. The molecule has 2 aromatic rings. The highest BCUT2D eigenvalue weighted by Crippen LogP contribution is 2.16. The maximum atomic E-state index is 12.3. The van der Waals surface area contributed by atoms with Gasteiger partial charge in [0.25, 0.3) is 5.91 Å². The molecule has 1 heterocycles. The van der Waals surface area contributed by atoms with Crippen LogP contribution in [0.5, 0.6) is 5.75 Å². The van der Waals surface area contributed by atoms with Gasteiger partial charge in [0.1, 0.15) is 17.4 Å². The zero-order chi connectivity index (χ0) is 18.1. The van der Waals surface area contributed by atoms with Gasteiger partial charge in [0.15, 0.2) is 5.11 Å². The van der Waals surface area contributed by atoms with E-state index in [4.69, 9.17) is 21.7 Å². The summed E-state index contributed by atoms with van der Waals surface area (Å²) in [5, 5.41) is 15.0. The number of carbonyl (C=O) groups is 1. The van der Waals surface area contributed by atoms with Gasteiger partial charge in [0.05, 0.1) is 6.61 Å². The number of ether oxygens (including phenoxy) is 2. The number of benzene rings is 1. The number of thiocarbonyl (C=S) groups is 1. The Kier molecular flexibility index (Phi) is 7.71. The molecule has 0 saturated carbocycles. The second kappa shape index (κ2) is 10.0. The minimum atomic E-state index is -0.326. The van der Waals surface area contributed by atoms with Gasteiger partial charge in [0, 0.05) is 12.2 Å². The highest BCUT2D eigenvalue weighted by atomic mass is 32.1. The number of nitrogens with zero attached hydrogens (tertiary/aromatic N) is 2. The van der Waals surface area contributed by atoms with Gasteiger partial charge in [-0.05, 0) is 43.8 Å². The number of hydrogen-bond donors (Lipinski definition) is 2. The van der Waals surface area contributed by atoms with E-state index >= 15 is 0 Å². The average Bonchev–Trinajstić information content (AvgIpc) is 3.06. The Bertz CT molecular complexity index is 721. The maximum absolute atomic E-state index is 12.3. The van der Waals surface area contributed by atoms with Crippen molar-refractivity contribution in [1.82, 2.24) is 15.5 Å². The fourth-order valence-electron chi connectivity index (χ4n) is 1.84. The number of anilines is 1. The topological polar surface area (TPSA) is 85.4 Å². The van der Waals surface area contributed by atoms with E-state index in [-0.39, 0.29) is 11.0 Å². The van der Waals surface area contributed by atoms with Crippen molar-refractivity contribution in [3.05, 3.63) is 34.8 Å². The van der Waals surface area contributed by atoms with Gasteiger partial charge < -0.3 is 14.8 Å². The number of aryl methyl sites for hydroxylation is 1.